The standard InChI is InChI=1S/C57H42BN3O3/c1-56(2,3)32-20-23-34(24-21-32)61-43-27-37-35-16-10-12-18-45(35)62-47(37)28-39(43)51-52-53-49(50-36-17-11-13-19-46(36)63-54(50)51)38-26-33(57(4,5)6)22-25-42(38)60(53)44-30-48-41(29-40(44)58(52)61)59-55(64-48)31-14-8-7-9-15-31/h7-30H,1-6H3. The van der Waals surface area contributed by atoms with Crippen LogP contribution >= 0.6 is 0 Å². The average Bonchev–Trinajstić information content (AvgIpc) is 4.07. The van der Waals surface area contributed by atoms with E-state index in [0.29, 0.717) is 5.89 Å². The number of oxazole rings is 1. The Labute approximate surface area is 369 Å². The van der Waals surface area contributed by atoms with Crippen LogP contribution in [-0.4, -0.2) is 16.4 Å². The summed E-state index contributed by atoms with van der Waals surface area (Å²) in [5.41, 5.74) is 18.6. The Kier molecular flexibility index (Phi) is 6.84. The van der Waals surface area contributed by atoms with Gasteiger partial charge in [0, 0.05) is 72.1 Å². The van der Waals surface area contributed by atoms with Gasteiger partial charge >= 0.3 is 6.85 Å². The number of aromatic nitrogens is 2. The highest BCUT2D eigenvalue weighted by molar-refractivity contribution is 6.94. The van der Waals surface area contributed by atoms with Crippen LogP contribution in [0.5, 0.6) is 0 Å². The number of benzene rings is 8. The maximum atomic E-state index is 7.23. The predicted molar refractivity (Wildman–Crippen MR) is 265 cm³/mol. The molecule has 0 spiro atoms. The van der Waals surface area contributed by atoms with Crippen molar-refractivity contribution >= 4 is 106 Å². The molecule has 64 heavy (non-hydrogen) atoms. The Morgan fingerprint density at radius 2 is 1.23 bits per heavy atom. The van der Waals surface area contributed by atoms with Gasteiger partial charge in [0.15, 0.2) is 5.58 Å². The summed E-state index contributed by atoms with van der Waals surface area (Å²) in [5.74, 6) is 0.607. The highest BCUT2D eigenvalue weighted by Gasteiger charge is 2.47. The molecule has 0 saturated heterocycles. The molecule has 12 aromatic rings. The molecule has 0 atom stereocenters. The molecule has 0 aliphatic carbocycles. The zero-order valence-electron chi connectivity index (χ0n) is 36.5. The first kappa shape index (κ1) is 36.0. The number of nitrogens with zero attached hydrogens (tertiary/aromatic N) is 3. The molecule has 0 saturated carbocycles. The summed E-state index contributed by atoms with van der Waals surface area (Å²) in [4.78, 5) is 7.77. The van der Waals surface area contributed by atoms with E-state index < -0.39 is 0 Å². The number of hydrogen-bond acceptors (Lipinski definition) is 5. The van der Waals surface area contributed by atoms with Crippen LogP contribution in [0.1, 0.15) is 52.7 Å². The van der Waals surface area contributed by atoms with E-state index in [1.807, 2.05) is 24.3 Å². The Morgan fingerprint density at radius 3 is 2.00 bits per heavy atom. The molecule has 2 aliphatic rings. The smallest absolute Gasteiger partial charge is 0.333 e. The van der Waals surface area contributed by atoms with E-state index in [1.54, 1.807) is 0 Å². The van der Waals surface area contributed by atoms with Gasteiger partial charge in [-0.1, -0.05) is 114 Å². The topological polar surface area (TPSA) is 60.5 Å². The molecular weight excluding hydrogens is 785 g/mol. The third kappa shape index (κ3) is 4.73. The van der Waals surface area contributed by atoms with Crippen molar-refractivity contribution in [2.75, 3.05) is 4.81 Å². The first-order valence-corrected chi connectivity index (χ1v) is 22.3. The lowest BCUT2D eigenvalue weighted by atomic mass is 9.43. The third-order valence-electron chi connectivity index (χ3n) is 14.1. The first-order valence-electron chi connectivity index (χ1n) is 22.3. The molecule has 4 aromatic heterocycles. The van der Waals surface area contributed by atoms with Gasteiger partial charge < -0.3 is 22.6 Å². The summed E-state index contributed by atoms with van der Waals surface area (Å²) >= 11 is 0. The van der Waals surface area contributed by atoms with Crippen LogP contribution in [0.25, 0.3) is 105 Å². The van der Waals surface area contributed by atoms with Crippen LogP contribution < -0.4 is 15.7 Å². The molecule has 7 heteroatoms. The van der Waals surface area contributed by atoms with Crippen molar-refractivity contribution in [1.82, 2.24) is 9.55 Å². The Morgan fingerprint density at radius 1 is 0.531 bits per heavy atom. The lowest BCUT2D eigenvalue weighted by Crippen LogP contribution is -2.60. The van der Waals surface area contributed by atoms with Gasteiger partial charge in [-0.25, -0.2) is 4.98 Å². The van der Waals surface area contributed by atoms with E-state index in [4.69, 9.17) is 18.2 Å². The molecule has 6 heterocycles. The number of para-hydroxylation sites is 2. The third-order valence-corrected chi connectivity index (χ3v) is 14.1. The summed E-state index contributed by atoms with van der Waals surface area (Å²) in [6, 6.07) is 52.6. The van der Waals surface area contributed by atoms with Gasteiger partial charge in [0.1, 0.15) is 27.8 Å². The fourth-order valence-corrected chi connectivity index (χ4v) is 11.0. The van der Waals surface area contributed by atoms with Gasteiger partial charge in [0.25, 0.3) is 0 Å². The minimum Gasteiger partial charge on any atom is -0.456 e. The largest absolute Gasteiger partial charge is 0.456 e. The SMILES string of the molecule is CC(C)(C)c1ccc(N2B3c4cc5nc(-c6ccccc6)oc5cc4-n4c5ccc(C(C)(C)C)cc5c5c6c(oc7ccccc76)c(c3c54)-c3cc4oc5ccccc5c4cc32)cc1. The summed E-state index contributed by atoms with van der Waals surface area (Å²) in [7, 11) is 0. The molecule has 0 fully saturated rings. The number of fused-ring (bicyclic) bond motifs is 17. The van der Waals surface area contributed by atoms with Crippen LogP contribution in [-0.2, 0) is 10.8 Å². The highest BCUT2D eigenvalue weighted by atomic mass is 16.3. The van der Waals surface area contributed by atoms with Gasteiger partial charge in [0.2, 0.25) is 5.89 Å². The lowest BCUT2D eigenvalue weighted by molar-refractivity contribution is 0.590. The van der Waals surface area contributed by atoms with E-state index in [0.717, 1.165) is 99.7 Å². The number of hydrogen-bond donors (Lipinski definition) is 0. The average molecular weight is 828 g/mol. The van der Waals surface area contributed by atoms with Crippen molar-refractivity contribution in [1.29, 1.82) is 0 Å². The van der Waals surface area contributed by atoms with Crippen molar-refractivity contribution < 1.29 is 13.3 Å². The summed E-state index contributed by atoms with van der Waals surface area (Å²) in [5, 5.41) is 6.81. The lowest BCUT2D eigenvalue weighted by Gasteiger charge is -2.42. The van der Waals surface area contributed by atoms with Crippen molar-refractivity contribution in [3.63, 3.8) is 0 Å². The second kappa shape index (κ2) is 12.1. The molecule has 0 amide bonds. The summed E-state index contributed by atoms with van der Waals surface area (Å²) < 4.78 is 23.2. The zero-order valence-corrected chi connectivity index (χ0v) is 36.5. The number of anilines is 2. The van der Waals surface area contributed by atoms with Gasteiger partial charge in [-0.3, -0.25) is 0 Å². The van der Waals surface area contributed by atoms with Gasteiger partial charge in [-0.15, -0.1) is 0 Å². The highest BCUT2D eigenvalue weighted by Crippen LogP contribution is 2.53. The Balaban J connectivity index is 1.21. The maximum absolute atomic E-state index is 7.23. The monoisotopic (exact) mass is 827 g/mol. The second-order valence-electron chi connectivity index (χ2n) is 19.9. The van der Waals surface area contributed by atoms with Crippen LogP contribution in [0.2, 0.25) is 0 Å². The van der Waals surface area contributed by atoms with Crippen LogP contribution in [0.4, 0.5) is 11.4 Å². The molecule has 6 nitrogen and oxygen atoms in total. The van der Waals surface area contributed by atoms with Crippen LogP contribution in [0, 0.1) is 0 Å². The molecule has 2 aliphatic heterocycles. The minimum atomic E-state index is -0.270. The Hall–Kier alpha value is -7.51. The molecule has 0 unspecified atom stereocenters. The normalized spacial score (nSPS) is 13.7. The first-order chi connectivity index (χ1) is 31.0. The zero-order chi connectivity index (χ0) is 43.0. The number of rotatable bonds is 2. The second-order valence-corrected chi connectivity index (χ2v) is 19.9. The van der Waals surface area contributed by atoms with E-state index in [1.165, 1.54) is 32.9 Å². The van der Waals surface area contributed by atoms with Gasteiger partial charge in [0.05, 0.1) is 11.0 Å². The summed E-state index contributed by atoms with van der Waals surface area (Å²) in [6.07, 6.45) is 0. The van der Waals surface area contributed by atoms with E-state index in [-0.39, 0.29) is 17.7 Å². The van der Waals surface area contributed by atoms with E-state index in [2.05, 4.69) is 172 Å². The fraction of sp³-hybridized carbons (Fsp3) is 0.140. The minimum absolute atomic E-state index is 0.00876. The molecular formula is C57H42BN3O3. The van der Waals surface area contributed by atoms with Crippen molar-refractivity contribution in [2.45, 2.75) is 52.4 Å². The van der Waals surface area contributed by atoms with Crippen molar-refractivity contribution in [3.05, 3.63) is 157 Å². The predicted octanol–water partition coefficient (Wildman–Crippen LogP) is 14.2. The number of furan rings is 2. The summed E-state index contributed by atoms with van der Waals surface area (Å²) in [6.45, 7) is 13.4. The molecule has 306 valence electrons. The van der Waals surface area contributed by atoms with Gasteiger partial charge in [-0.2, -0.15) is 0 Å². The Bertz CT molecular complexity index is 3980. The van der Waals surface area contributed by atoms with Crippen molar-refractivity contribution in [2.24, 2.45) is 0 Å². The van der Waals surface area contributed by atoms with E-state index >= 15 is 0 Å². The van der Waals surface area contributed by atoms with Crippen molar-refractivity contribution in [3.8, 4) is 28.3 Å². The molecule has 0 radical (unpaired) electrons. The van der Waals surface area contributed by atoms with Crippen LogP contribution in [0.15, 0.2) is 159 Å². The maximum Gasteiger partial charge on any atom is 0.333 e. The molecule has 0 bridgehead atoms. The van der Waals surface area contributed by atoms with Gasteiger partial charge in [-0.05, 0) is 99.6 Å². The van der Waals surface area contributed by atoms with Crippen LogP contribution in [0.3, 0.4) is 0 Å². The quantitative estimate of drug-likeness (QED) is 0.162. The fourth-order valence-electron chi connectivity index (χ4n) is 11.0. The molecule has 8 aromatic carbocycles. The molecule has 0 N–H and O–H groups in total. The van der Waals surface area contributed by atoms with E-state index in [9.17, 15) is 0 Å². The molecule has 14 rings (SSSR count).